The van der Waals surface area contributed by atoms with Crippen LogP contribution in [0, 0.1) is 5.92 Å². The summed E-state index contributed by atoms with van der Waals surface area (Å²) in [6.07, 6.45) is 4.59. The van der Waals surface area contributed by atoms with Gasteiger partial charge in [-0.25, -0.2) is 0 Å². The molecule has 1 aliphatic carbocycles. The molecule has 1 unspecified atom stereocenters. The molecule has 0 aliphatic heterocycles. The summed E-state index contributed by atoms with van der Waals surface area (Å²) in [6.45, 7) is 9.54. The summed E-state index contributed by atoms with van der Waals surface area (Å²) >= 11 is 0. The molecular weight excluding hydrogens is 226 g/mol. The fraction of sp³-hybridized carbons (Fsp3) is 0.929. The van der Waals surface area contributed by atoms with Gasteiger partial charge in [-0.2, -0.15) is 0 Å². The highest BCUT2D eigenvalue weighted by molar-refractivity contribution is 5.79. The molecule has 3 N–H and O–H groups in total. The number of nitrogens with two attached hydrogens (primary N) is 1. The van der Waals surface area contributed by atoms with Crippen LogP contribution >= 0.6 is 0 Å². The second kappa shape index (κ2) is 7.74. The first-order chi connectivity index (χ1) is 8.54. The summed E-state index contributed by atoms with van der Waals surface area (Å²) in [6, 6.07) is 0.371. The zero-order valence-electron chi connectivity index (χ0n) is 12.1. The highest BCUT2D eigenvalue weighted by Gasteiger charge is 2.26. The Bertz CT molecular complexity index is 251. The molecule has 0 radical (unpaired) electrons. The molecule has 1 fully saturated rings. The van der Waals surface area contributed by atoms with Crippen molar-refractivity contribution in [3.8, 4) is 0 Å². The fourth-order valence-electron chi connectivity index (χ4n) is 2.15. The van der Waals surface area contributed by atoms with E-state index in [-0.39, 0.29) is 11.9 Å². The lowest BCUT2D eigenvalue weighted by Crippen LogP contribution is -2.45. The summed E-state index contributed by atoms with van der Waals surface area (Å²) in [5.74, 6) is 0.668. The smallest absolute Gasteiger partial charge is 0.234 e. The van der Waals surface area contributed by atoms with Crippen molar-refractivity contribution < 1.29 is 4.79 Å². The molecule has 4 nitrogen and oxygen atoms in total. The monoisotopic (exact) mass is 255 g/mol. The van der Waals surface area contributed by atoms with Crippen molar-refractivity contribution >= 4 is 5.91 Å². The number of nitrogens with zero attached hydrogens (tertiary/aromatic N) is 1. The fourth-order valence-corrected chi connectivity index (χ4v) is 2.15. The van der Waals surface area contributed by atoms with Gasteiger partial charge in [0.15, 0.2) is 0 Å². The van der Waals surface area contributed by atoms with Gasteiger partial charge in [0.05, 0.1) is 6.04 Å². The Morgan fingerprint density at radius 1 is 1.44 bits per heavy atom. The quantitative estimate of drug-likeness (QED) is 0.619. The lowest BCUT2D eigenvalue weighted by Gasteiger charge is -2.28. The first-order valence-corrected chi connectivity index (χ1v) is 7.31. The molecule has 0 aromatic rings. The van der Waals surface area contributed by atoms with Gasteiger partial charge in [0.1, 0.15) is 0 Å². The normalized spacial score (nSPS) is 17.4. The van der Waals surface area contributed by atoms with Crippen molar-refractivity contribution in [2.45, 2.75) is 58.5 Å². The van der Waals surface area contributed by atoms with Gasteiger partial charge in [0, 0.05) is 19.1 Å². The predicted molar refractivity (Wildman–Crippen MR) is 75.3 cm³/mol. The van der Waals surface area contributed by atoms with E-state index in [9.17, 15) is 4.79 Å². The molecule has 0 spiro atoms. The Hall–Kier alpha value is -0.610. The number of carbonyl (C=O) groups excluding carboxylic acids is 1. The molecule has 1 saturated carbocycles. The van der Waals surface area contributed by atoms with E-state index >= 15 is 0 Å². The van der Waals surface area contributed by atoms with Gasteiger partial charge in [-0.1, -0.05) is 6.92 Å². The molecule has 18 heavy (non-hydrogen) atoms. The molecule has 1 atom stereocenters. The number of primary amides is 1. The molecule has 0 aromatic carbocycles. The number of rotatable bonds is 10. The molecular formula is C14H29N3O. The third kappa shape index (κ3) is 5.83. The standard InChI is InChI=1S/C14H29N3O/c1-4-8-16-13(14(15)18)7-9-17(11(2)3)10-12-5-6-12/h11-13,16H,4-10H2,1-3H3,(H2,15,18). The Balaban J connectivity index is 2.34. The lowest BCUT2D eigenvalue weighted by molar-refractivity contribution is -0.120. The Kier molecular flexibility index (Phi) is 6.65. The minimum absolute atomic E-state index is 0.176. The highest BCUT2D eigenvalue weighted by atomic mass is 16.1. The number of amides is 1. The molecule has 1 rings (SSSR count). The van der Waals surface area contributed by atoms with Crippen molar-refractivity contribution in [2.75, 3.05) is 19.6 Å². The van der Waals surface area contributed by atoms with Crippen LogP contribution in [0.4, 0.5) is 0 Å². The summed E-state index contributed by atoms with van der Waals surface area (Å²) < 4.78 is 0. The topological polar surface area (TPSA) is 58.4 Å². The first-order valence-electron chi connectivity index (χ1n) is 7.31. The van der Waals surface area contributed by atoms with Crippen LogP contribution in [0.15, 0.2) is 0 Å². The Morgan fingerprint density at radius 2 is 2.11 bits per heavy atom. The summed E-state index contributed by atoms with van der Waals surface area (Å²) in [5.41, 5.74) is 5.43. The van der Waals surface area contributed by atoms with E-state index in [1.54, 1.807) is 0 Å². The van der Waals surface area contributed by atoms with E-state index in [4.69, 9.17) is 5.73 Å². The Morgan fingerprint density at radius 3 is 2.56 bits per heavy atom. The molecule has 106 valence electrons. The summed E-state index contributed by atoms with van der Waals surface area (Å²) in [7, 11) is 0. The number of carbonyl (C=O) groups is 1. The van der Waals surface area contributed by atoms with Crippen LogP contribution < -0.4 is 11.1 Å². The molecule has 1 aliphatic rings. The van der Waals surface area contributed by atoms with E-state index in [1.807, 2.05) is 0 Å². The lowest BCUT2D eigenvalue weighted by atomic mass is 10.1. The van der Waals surface area contributed by atoms with Crippen LogP contribution in [-0.2, 0) is 4.79 Å². The summed E-state index contributed by atoms with van der Waals surface area (Å²) in [4.78, 5) is 13.8. The van der Waals surface area contributed by atoms with Gasteiger partial charge in [-0.3, -0.25) is 4.79 Å². The van der Waals surface area contributed by atoms with E-state index < -0.39 is 0 Å². The van der Waals surface area contributed by atoms with Crippen LogP contribution in [0.5, 0.6) is 0 Å². The van der Waals surface area contributed by atoms with Crippen LogP contribution in [0.1, 0.15) is 46.5 Å². The zero-order chi connectivity index (χ0) is 13.5. The average molecular weight is 255 g/mol. The van der Waals surface area contributed by atoms with Crippen LogP contribution in [0.25, 0.3) is 0 Å². The SMILES string of the molecule is CCCNC(CCN(CC1CC1)C(C)C)C(N)=O. The second-order valence-corrected chi connectivity index (χ2v) is 5.73. The van der Waals surface area contributed by atoms with Crippen LogP contribution in [0.3, 0.4) is 0 Å². The van der Waals surface area contributed by atoms with E-state index in [1.165, 1.54) is 19.4 Å². The first kappa shape index (κ1) is 15.4. The van der Waals surface area contributed by atoms with Gasteiger partial charge in [-0.05, 0) is 52.0 Å². The molecule has 0 aromatic heterocycles. The van der Waals surface area contributed by atoms with Crippen molar-refractivity contribution in [3.63, 3.8) is 0 Å². The predicted octanol–water partition coefficient (Wildman–Crippen LogP) is 1.35. The minimum Gasteiger partial charge on any atom is -0.368 e. The van der Waals surface area contributed by atoms with Crippen molar-refractivity contribution in [2.24, 2.45) is 11.7 Å². The Labute approximate surface area is 111 Å². The van der Waals surface area contributed by atoms with Crippen molar-refractivity contribution in [3.05, 3.63) is 0 Å². The number of nitrogens with one attached hydrogen (secondary N) is 1. The average Bonchev–Trinajstić information content (AvgIpc) is 3.10. The van der Waals surface area contributed by atoms with Crippen LogP contribution in [-0.4, -0.2) is 42.5 Å². The number of hydrogen-bond acceptors (Lipinski definition) is 3. The van der Waals surface area contributed by atoms with Gasteiger partial charge in [0.2, 0.25) is 5.91 Å². The maximum Gasteiger partial charge on any atom is 0.234 e. The van der Waals surface area contributed by atoms with E-state index in [0.717, 1.165) is 31.8 Å². The zero-order valence-corrected chi connectivity index (χ0v) is 12.1. The van der Waals surface area contributed by atoms with Crippen LogP contribution in [0.2, 0.25) is 0 Å². The third-order valence-corrected chi connectivity index (χ3v) is 3.61. The largest absolute Gasteiger partial charge is 0.368 e. The maximum absolute atomic E-state index is 11.4. The highest BCUT2D eigenvalue weighted by Crippen LogP contribution is 2.30. The third-order valence-electron chi connectivity index (χ3n) is 3.61. The number of hydrogen-bond donors (Lipinski definition) is 2. The second-order valence-electron chi connectivity index (χ2n) is 5.73. The molecule has 0 saturated heterocycles. The molecule has 0 heterocycles. The van der Waals surface area contributed by atoms with Gasteiger partial charge >= 0.3 is 0 Å². The minimum atomic E-state index is -0.224. The van der Waals surface area contributed by atoms with Crippen molar-refractivity contribution in [1.29, 1.82) is 0 Å². The summed E-state index contributed by atoms with van der Waals surface area (Å²) in [5, 5.41) is 3.23. The van der Waals surface area contributed by atoms with Gasteiger partial charge in [0.25, 0.3) is 0 Å². The molecule has 1 amide bonds. The molecule has 0 bridgehead atoms. The maximum atomic E-state index is 11.4. The van der Waals surface area contributed by atoms with E-state index in [0.29, 0.717) is 6.04 Å². The van der Waals surface area contributed by atoms with Gasteiger partial charge < -0.3 is 16.0 Å². The molecule has 4 heteroatoms. The van der Waals surface area contributed by atoms with Gasteiger partial charge in [-0.15, -0.1) is 0 Å². The van der Waals surface area contributed by atoms with Crippen molar-refractivity contribution in [1.82, 2.24) is 10.2 Å². The van der Waals surface area contributed by atoms with E-state index in [2.05, 4.69) is 31.0 Å².